The zero-order valence-corrected chi connectivity index (χ0v) is 19.0. The van der Waals surface area contributed by atoms with Crippen molar-refractivity contribution in [3.8, 4) is 0 Å². The SMILES string of the molecule is O=C(Nc1cccc(F)c1)C1CCCN(c2nc3ccsc3c(=O)n2Cc2ccc(F)cc2)C1. The van der Waals surface area contributed by atoms with Crippen LogP contribution < -0.4 is 15.8 Å². The van der Waals surface area contributed by atoms with E-state index in [1.165, 1.54) is 35.6 Å². The maximum Gasteiger partial charge on any atom is 0.273 e. The Bertz CT molecular complexity index is 1400. The van der Waals surface area contributed by atoms with Crippen molar-refractivity contribution in [1.29, 1.82) is 0 Å². The third-order valence-electron chi connectivity index (χ3n) is 5.97. The zero-order valence-electron chi connectivity index (χ0n) is 18.2. The minimum Gasteiger partial charge on any atom is -0.341 e. The Morgan fingerprint density at radius 1 is 1.12 bits per heavy atom. The van der Waals surface area contributed by atoms with Gasteiger partial charge in [0, 0.05) is 18.8 Å². The normalized spacial score (nSPS) is 16.1. The van der Waals surface area contributed by atoms with Crippen molar-refractivity contribution >= 4 is 39.1 Å². The van der Waals surface area contributed by atoms with Gasteiger partial charge >= 0.3 is 0 Å². The van der Waals surface area contributed by atoms with E-state index < -0.39 is 5.82 Å². The van der Waals surface area contributed by atoms with Gasteiger partial charge in [-0.1, -0.05) is 18.2 Å². The molecule has 0 radical (unpaired) electrons. The number of nitrogens with one attached hydrogen (secondary N) is 1. The number of nitrogens with zero attached hydrogens (tertiary/aromatic N) is 3. The van der Waals surface area contributed by atoms with Crippen LogP contribution in [0.4, 0.5) is 20.4 Å². The number of thiophene rings is 1. The van der Waals surface area contributed by atoms with E-state index in [4.69, 9.17) is 4.98 Å². The van der Waals surface area contributed by atoms with Gasteiger partial charge in [0.2, 0.25) is 11.9 Å². The lowest BCUT2D eigenvalue weighted by Gasteiger charge is -2.34. The Kier molecular flexibility index (Phi) is 6.10. The number of aromatic nitrogens is 2. The number of carbonyl (C=O) groups is 1. The second-order valence-corrected chi connectivity index (χ2v) is 9.27. The molecule has 1 atom stereocenters. The second-order valence-electron chi connectivity index (χ2n) is 8.35. The largest absolute Gasteiger partial charge is 0.341 e. The number of hydrogen-bond acceptors (Lipinski definition) is 5. The highest BCUT2D eigenvalue weighted by Crippen LogP contribution is 2.26. The zero-order chi connectivity index (χ0) is 23.7. The summed E-state index contributed by atoms with van der Waals surface area (Å²) in [4.78, 5) is 33.0. The first-order valence-corrected chi connectivity index (χ1v) is 11.9. The molecule has 0 bridgehead atoms. The maximum absolute atomic E-state index is 13.5. The van der Waals surface area contributed by atoms with E-state index in [2.05, 4.69) is 5.32 Å². The highest BCUT2D eigenvalue weighted by molar-refractivity contribution is 7.17. The number of piperidine rings is 1. The molecule has 6 nitrogen and oxygen atoms in total. The minimum atomic E-state index is -0.416. The summed E-state index contributed by atoms with van der Waals surface area (Å²) >= 11 is 1.34. The van der Waals surface area contributed by atoms with Crippen LogP contribution in [-0.2, 0) is 11.3 Å². The van der Waals surface area contributed by atoms with Gasteiger partial charge in [0.15, 0.2) is 0 Å². The molecule has 0 aliphatic carbocycles. The Morgan fingerprint density at radius 3 is 2.74 bits per heavy atom. The number of rotatable bonds is 5. The van der Waals surface area contributed by atoms with Crippen molar-refractivity contribution < 1.29 is 13.6 Å². The monoisotopic (exact) mass is 480 g/mol. The number of carbonyl (C=O) groups excluding carboxylic acids is 1. The molecule has 1 saturated heterocycles. The summed E-state index contributed by atoms with van der Waals surface area (Å²) in [7, 11) is 0. The number of benzene rings is 2. The average molecular weight is 481 g/mol. The summed E-state index contributed by atoms with van der Waals surface area (Å²) in [6, 6.07) is 13.6. The lowest BCUT2D eigenvalue weighted by molar-refractivity contribution is -0.120. The van der Waals surface area contributed by atoms with Gasteiger partial charge in [0.05, 0.1) is 18.0 Å². The maximum atomic E-state index is 13.5. The Hall–Kier alpha value is -3.59. The molecule has 5 rings (SSSR count). The minimum absolute atomic E-state index is 0.161. The van der Waals surface area contributed by atoms with Gasteiger partial charge in [-0.25, -0.2) is 13.8 Å². The first-order chi connectivity index (χ1) is 16.5. The van der Waals surface area contributed by atoms with Gasteiger partial charge in [-0.2, -0.15) is 0 Å². The molecule has 174 valence electrons. The number of hydrogen-bond donors (Lipinski definition) is 1. The third kappa shape index (κ3) is 4.56. The molecule has 0 saturated carbocycles. The van der Waals surface area contributed by atoms with Crippen molar-refractivity contribution in [2.75, 3.05) is 23.3 Å². The van der Waals surface area contributed by atoms with Crippen molar-refractivity contribution in [2.45, 2.75) is 19.4 Å². The van der Waals surface area contributed by atoms with Gasteiger partial charge in [0.1, 0.15) is 16.3 Å². The van der Waals surface area contributed by atoms with Crippen LogP contribution in [0.1, 0.15) is 18.4 Å². The van der Waals surface area contributed by atoms with Gasteiger partial charge in [-0.05, 0) is 60.2 Å². The van der Waals surface area contributed by atoms with E-state index in [1.54, 1.807) is 28.8 Å². The molecule has 4 aromatic rings. The van der Waals surface area contributed by atoms with E-state index in [9.17, 15) is 18.4 Å². The molecular weight excluding hydrogens is 458 g/mol. The molecule has 2 aromatic heterocycles. The van der Waals surface area contributed by atoms with E-state index >= 15 is 0 Å². The van der Waals surface area contributed by atoms with Gasteiger partial charge in [-0.15, -0.1) is 11.3 Å². The van der Waals surface area contributed by atoms with Crippen LogP contribution in [0.3, 0.4) is 0 Å². The summed E-state index contributed by atoms with van der Waals surface area (Å²) in [5, 5.41) is 4.62. The van der Waals surface area contributed by atoms with E-state index in [1.807, 2.05) is 16.3 Å². The molecule has 1 aliphatic heterocycles. The number of halogens is 2. The molecule has 1 amide bonds. The van der Waals surface area contributed by atoms with Gasteiger partial charge in [0.25, 0.3) is 5.56 Å². The Balaban J connectivity index is 1.44. The second kappa shape index (κ2) is 9.34. The number of amides is 1. The number of anilines is 2. The van der Waals surface area contributed by atoms with Crippen LogP contribution in [0, 0.1) is 17.6 Å². The lowest BCUT2D eigenvalue weighted by atomic mass is 9.97. The first-order valence-electron chi connectivity index (χ1n) is 11.0. The standard InChI is InChI=1S/C25H22F2N4O2S/c26-18-8-6-16(7-9-18)14-31-24(33)22-21(10-12-34-22)29-25(31)30-11-2-3-17(15-30)23(32)28-20-5-1-4-19(27)13-20/h1,4-10,12-13,17H,2-3,11,14-15H2,(H,28,32). The molecule has 2 aromatic carbocycles. The number of fused-ring (bicyclic) bond motifs is 1. The summed E-state index contributed by atoms with van der Waals surface area (Å²) in [6.07, 6.45) is 1.43. The first kappa shape index (κ1) is 22.2. The van der Waals surface area contributed by atoms with Crippen LogP contribution in [-0.4, -0.2) is 28.5 Å². The van der Waals surface area contributed by atoms with Crippen LogP contribution in [0.15, 0.2) is 64.8 Å². The van der Waals surface area contributed by atoms with E-state index in [-0.39, 0.29) is 29.7 Å². The van der Waals surface area contributed by atoms with E-state index in [0.29, 0.717) is 41.4 Å². The molecule has 3 heterocycles. The van der Waals surface area contributed by atoms with Gasteiger partial charge in [-0.3, -0.25) is 14.2 Å². The molecule has 1 unspecified atom stereocenters. The summed E-state index contributed by atoms with van der Waals surface area (Å²) in [5.74, 6) is -0.804. The molecule has 1 aliphatic rings. The quantitative estimate of drug-likeness (QED) is 0.452. The topological polar surface area (TPSA) is 67.2 Å². The predicted octanol–water partition coefficient (Wildman–Crippen LogP) is 4.64. The summed E-state index contributed by atoms with van der Waals surface area (Å²) in [5.41, 5.74) is 1.64. The Morgan fingerprint density at radius 2 is 1.94 bits per heavy atom. The molecule has 1 fully saturated rings. The molecule has 1 N–H and O–H groups in total. The Labute approximate surface area is 198 Å². The smallest absolute Gasteiger partial charge is 0.273 e. The van der Waals surface area contributed by atoms with Crippen molar-refractivity contribution in [2.24, 2.45) is 5.92 Å². The van der Waals surface area contributed by atoms with Crippen LogP contribution in [0.5, 0.6) is 0 Å². The van der Waals surface area contributed by atoms with Gasteiger partial charge < -0.3 is 10.2 Å². The molecule has 0 spiro atoms. The third-order valence-corrected chi connectivity index (χ3v) is 6.86. The summed E-state index contributed by atoms with van der Waals surface area (Å²) < 4.78 is 29.1. The molecule has 34 heavy (non-hydrogen) atoms. The average Bonchev–Trinajstić information content (AvgIpc) is 3.31. The van der Waals surface area contributed by atoms with Crippen molar-refractivity contribution in [1.82, 2.24) is 9.55 Å². The van der Waals surface area contributed by atoms with Crippen molar-refractivity contribution in [3.63, 3.8) is 0 Å². The highest BCUT2D eigenvalue weighted by atomic mass is 32.1. The van der Waals surface area contributed by atoms with Crippen LogP contribution in [0.25, 0.3) is 10.2 Å². The fourth-order valence-electron chi connectivity index (χ4n) is 4.27. The summed E-state index contributed by atoms with van der Waals surface area (Å²) in [6.45, 7) is 1.27. The highest BCUT2D eigenvalue weighted by Gasteiger charge is 2.29. The molecule has 9 heteroatoms. The van der Waals surface area contributed by atoms with Crippen LogP contribution in [0.2, 0.25) is 0 Å². The van der Waals surface area contributed by atoms with Crippen molar-refractivity contribution in [3.05, 3.63) is 87.5 Å². The van der Waals surface area contributed by atoms with Crippen LogP contribution >= 0.6 is 11.3 Å². The fraction of sp³-hybridized carbons (Fsp3) is 0.240. The molecular formula is C25H22F2N4O2S. The lowest BCUT2D eigenvalue weighted by Crippen LogP contribution is -2.43. The fourth-order valence-corrected chi connectivity index (χ4v) is 5.05. The predicted molar refractivity (Wildman–Crippen MR) is 129 cm³/mol. The van der Waals surface area contributed by atoms with E-state index in [0.717, 1.165) is 12.0 Å².